The van der Waals surface area contributed by atoms with E-state index in [-0.39, 0.29) is 6.54 Å². The number of methoxy groups -OCH3 is 1. The smallest absolute Gasteiger partial charge is 0.256 e. The predicted octanol–water partition coefficient (Wildman–Crippen LogP) is 3.37. The first-order chi connectivity index (χ1) is 15.5. The molecule has 1 amide bonds. The molecule has 0 spiro atoms. The number of hydrogen-bond donors (Lipinski definition) is 2. The fraction of sp³-hybridized carbons (Fsp3) is 0.458. The molecule has 0 saturated heterocycles. The number of carbonyl (C=O) groups excluding carboxylic acids is 1. The number of aryl methyl sites for hydroxylation is 1. The van der Waals surface area contributed by atoms with Crippen molar-refractivity contribution >= 4 is 27.3 Å². The van der Waals surface area contributed by atoms with Gasteiger partial charge in [0.2, 0.25) is 0 Å². The Morgan fingerprint density at radius 2 is 1.73 bits per heavy atom. The van der Waals surface area contributed by atoms with E-state index < -0.39 is 26.5 Å². The zero-order chi connectivity index (χ0) is 24.6. The summed E-state index contributed by atoms with van der Waals surface area (Å²) in [6.45, 7) is 4.00. The lowest BCUT2D eigenvalue weighted by molar-refractivity contribution is -0.124. The molecule has 1 atom stereocenters. The Bertz CT molecular complexity index is 1040. The number of halogens is 1. The van der Waals surface area contributed by atoms with Gasteiger partial charge in [0, 0.05) is 17.8 Å². The van der Waals surface area contributed by atoms with E-state index in [1.165, 1.54) is 5.56 Å². The van der Waals surface area contributed by atoms with E-state index in [0.717, 1.165) is 29.7 Å². The van der Waals surface area contributed by atoms with Crippen LogP contribution in [0.2, 0.25) is 5.02 Å². The molecule has 9 heteroatoms. The van der Waals surface area contributed by atoms with Crippen LogP contribution in [0, 0.1) is 5.92 Å². The minimum Gasteiger partial charge on any atom is -0.493 e. The molecule has 2 rings (SSSR count). The summed E-state index contributed by atoms with van der Waals surface area (Å²) in [6.07, 6.45) is 3.18. The molecule has 0 saturated carbocycles. The zero-order valence-corrected chi connectivity index (χ0v) is 21.1. The van der Waals surface area contributed by atoms with Crippen molar-refractivity contribution in [3.63, 3.8) is 0 Å². The number of hydrogen-bond acceptors (Lipinski definition) is 6. The van der Waals surface area contributed by atoms with Gasteiger partial charge in [-0.1, -0.05) is 43.6 Å². The van der Waals surface area contributed by atoms with Crippen LogP contribution in [0.15, 0.2) is 42.5 Å². The van der Waals surface area contributed by atoms with Gasteiger partial charge in [-0.3, -0.25) is 4.79 Å². The third-order valence-corrected chi connectivity index (χ3v) is 7.67. The van der Waals surface area contributed by atoms with Crippen molar-refractivity contribution in [1.82, 2.24) is 5.32 Å². The van der Waals surface area contributed by atoms with Gasteiger partial charge in [0.15, 0.2) is 26.2 Å². The van der Waals surface area contributed by atoms with Gasteiger partial charge in [-0.15, -0.1) is 0 Å². The van der Waals surface area contributed by atoms with Crippen LogP contribution in [0.5, 0.6) is 11.5 Å². The van der Waals surface area contributed by atoms with Crippen LogP contribution >= 0.6 is 11.6 Å². The second-order valence-electron chi connectivity index (χ2n) is 8.29. The average Bonchev–Trinajstić information content (AvgIpc) is 2.76. The van der Waals surface area contributed by atoms with Crippen molar-refractivity contribution in [2.45, 2.75) is 38.0 Å². The second-order valence-corrected chi connectivity index (χ2v) is 10.9. The molecule has 0 aliphatic rings. The maximum Gasteiger partial charge on any atom is 0.256 e. The number of ether oxygens (including phenoxy) is 2. The number of amides is 1. The molecular formula is C24H33ClN2O5S. The van der Waals surface area contributed by atoms with Gasteiger partial charge >= 0.3 is 0 Å². The Labute approximate surface area is 201 Å². The number of sulfone groups is 1. The maximum absolute atomic E-state index is 12.5. The Balaban J connectivity index is 1.89. The molecule has 0 heterocycles. The summed E-state index contributed by atoms with van der Waals surface area (Å²) in [5.74, 6) is -0.0348. The first-order valence-corrected chi connectivity index (χ1v) is 13.1. The number of carbonyl (C=O) groups is 1. The number of benzene rings is 2. The van der Waals surface area contributed by atoms with Gasteiger partial charge in [-0.05, 0) is 60.6 Å². The Kier molecular flexibility index (Phi) is 9.57. The lowest BCUT2D eigenvalue weighted by Gasteiger charge is -2.30. The molecular weight excluding hydrogens is 464 g/mol. The summed E-state index contributed by atoms with van der Waals surface area (Å²) in [4.78, 5) is 10.6. The predicted molar refractivity (Wildman–Crippen MR) is 132 cm³/mol. The van der Waals surface area contributed by atoms with Gasteiger partial charge in [0.05, 0.1) is 13.7 Å². The topological polar surface area (TPSA) is 108 Å². The third-order valence-electron chi connectivity index (χ3n) is 5.53. The van der Waals surface area contributed by atoms with Crippen LogP contribution in [0.25, 0.3) is 0 Å². The molecule has 0 radical (unpaired) electrons. The second kappa shape index (κ2) is 11.7. The van der Waals surface area contributed by atoms with Crippen LogP contribution < -0.4 is 20.5 Å². The highest BCUT2D eigenvalue weighted by Gasteiger charge is 2.47. The Morgan fingerprint density at radius 1 is 1.09 bits per heavy atom. The molecule has 0 fully saturated rings. The van der Waals surface area contributed by atoms with Gasteiger partial charge in [-0.2, -0.15) is 0 Å². The highest BCUT2D eigenvalue weighted by atomic mass is 35.5. The fourth-order valence-electron chi connectivity index (χ4n) is 3.41. The summed E-state index contributed by atoms with van der Waals surface area (Å²) in [7, 11) is -2.21. The molecule has 2 aromatic rings. The van der Waals surface area contributed by atoms with Gasteiger partial charge < -0.3 is 20.5 Å². The van der Waals surface area contributed by atoms with Gasteiger partial charge in [0.25, 0.3) is 5.91 Å². The van der Waals surface area contributed by atoms with E-state index >= 15 is 0 Å². The standard InChI is InChI=1S/C24H33ClN2O5S/c1-17(2)24(26,33(4,29)30)23(28)27-14-13-19-9-12-21(22(16-19)31-3)32-15-5-6-18-7-10-20(25)11-8-18/h7-12,16-17H,5-6,13-15,26H2,1-4H3,(H,27,28). The van der Waals surface area contributed by atoms with Crippen LogP contribution in [-0.4, -0.2) is 45.7 Å². The lowest BCUT2D eigenvalue weighted by atomic mass is 10.0. The van der Waals surface area contributed by atoms with E-state index in [2.05, 4.69) is 5.32 Å². The van der Waals surface area contributed by atoms with E-state index in [1.807, 2.05) is 42.5 Å². The average molecular weight is 497 g/mol. The summed E-state index contributed by atoms with van der Waals surface area (Å²) >= 11 is 5.91. The number of rotatable bonds is 12. The molecule has 0 bridgehead atoms. The van der Waals surface area contributed by atoms with Gasteiger partial charge in [0.1, 0.15) is 0 Å². The monoisotopic (exact) mass is 496 g/mol. The van der Waals surface area contributed by atoms with Crippen molar-refractivity contribution in [2.75, 3.05) is 26.5 Å². The minimum atomic E-state index is -3.78. The van der Waals surface area contributed by atoms with Gasteiger partial charge in [-0.25, -0.2) is 8.42 Å². The SMILES string of the molecule is COc1cc(CCNC(=O)C(N)(C(C)C)S(C)(=O)=O)ccc1OCCCc1ccc(Cl)cc1. The first-order valence-electron chi connectivity index (χ1n) is 10.8. The number of nitrogens with one attached hydrogen (secondary N) is 1. The largest absolute Gasteiger partial charge is 0.493 e. The van der Waals surface area contributed by atoms with Crippen LogP contribution in [0.1, 0.15) is 31.4 Å². The Hall–Kier alpha value is -2.29. The van der Waals surface area contributed by atoms with Crippen molar-refractivity contribution in [2.24, 2.45) is 11.7 Å². The molecule has 3 N–H and O–H groups in total. The third kappa shape index (κ3) is 7.09. The maximum atomic E-state index is 12.5. The molecule has 7 nitrogen and oxygen atoms in total. The highest BCUT2D eigenvalue weighted by molar-refractivity contribution is 7.92. The van der Waals surface area contributed by atoms with Crippen molar-refractivity contribution in [3.8, 4) is 11.5 Å². The van der Waals surface area contributed by atoms with Crippen LogP contribution in [-0.2, 0) is 27.5 Å². The van der Waals surface area contributed by atoms with E-state index in [0.29, 0.717) is 24.5 Å². The van der Waals surface area contributed by atoms with Crippen molar-refractivity contribution < 1.29 is 22.7 Å². The van der Waals surface area contributed by atoms with E-state index in [9.17, 15) is 13.2 Å². The van der Waals surface area contributed by atoms with Crippen molar-refractivity contribution in [3.05, 3.63) is 58.6 Å². The van der Waals surface area contributed by atoms with E-state index in [1.54, 1.807) is 21.0 Å². The normalized spacial score (nSPS) is 13.4. The molecule has 33 heavy (non-hydrogen) atoms. The summed E-state index contributed by atoms with van der Waals surface area (Å²) < 4.78 is 35.5. The lowest BCUT2D eigenvalue weighted by Crippen LogP contribution is -2.62. The van der Waals surface area contributed by atoms with Crippen molar-refractivity contribution in [1.29, 1.82) is 0 Å². The molecule has 182 valence electrons. The van der Waals surface area contributed by atoms with Crippen LogP contribution in [0.4, 0.5) is 0 Å². The molecule has 0 aliphatic carbocycles. The number of nitrogens with two attached hydrogens (primary N) is 1. The Morgan fingerprint density at radius 3 is 2.30 bits per heavy atom. The summed E-state index contributed by atoms with van der Waals surface area (Å²) in [6, 6.07) is 13.3. The minimum absolute atomic E-state index is 0.241. The summed E-state index contributed by atoms with van der Waals surface area (Å²) in [5, 5.41) is 3.37. The van der Waals surface area contributed by atoms with E-state index in [4.69, 9.17) is 26.8 Å². The fourth-order valence-corrected chi connectivity index (χ4v) is 4.80. The zero-order valence-electron chi connectivity index (χ0n) is 19.6. The highest BCUT2D eigenvalue weighted by Crippen LogP contribution is 2.28. The molecule has 2 aromatic carbocycles. The first kappa shape index (κ1) is 27.0. The molecule has 0 aromatic heterocycles. The molecule has 0 aliphatic heterocycles. The van der Waals surface area contributed by atoms with Crippen LogP contribution in [0.3, 0.4) is 0 Å². The molecule has 1 unspecified atom stereocenters. The quantitative estimate of drug-likeness (QED) is 0.436. The summed E-state index contributed by atoms with van der Waals surface area (Å²) in [5.41, 5.74) is 8.07.